The minimum Gasteiger partial charge on any atom is -0.398 e. The third-order valence-electron chi connectivity index (χ3n) is 2.84. The van der Waals surface area contributed by atoms with Crippen LogP contribution in [0.25, 0.3) is 11.1 Å². The fourth-order valence-corrected chi connectivity index (χ4v) is 1.81. The van der Waals surface area contributed by atoms with E-state index in [0.29, 0.717) is 10.7 Å². The van der Waals surface area contributed by atoms with Gasteiger partial charge in [0.1, 0.15) is 0 Å². The van der Waals surface area contributed by atoms with Gasteiger partial charge in [0.2, 0.25) is 0 Å². The summed E-state index contributed by atoms with van der Waals surface area (Å²) in [4.78, 5) is 0. The van der Waals surface area contributed by atoms with E-state index in [9.17, 15) is 0 Å². The molecule has 2 heteroatoms. The van der Waals surface area contributed by atoms with Gasteiger partial charge in [-0.05, 0) is 48.2 Å². The molecule has 0 bridgehead atoms. The molecule has 0 aliphatic rings. The summed E-state index contributed by atoms with van der Waals surface area (Å²) in [6.45, 7) is 4.22. The van der Waals surface area contributed by atoms with Crippen molar-refractivity contribution in [3.63, 3.8) is 0 Å². The molecule has 0 radical (unpaired) electrons. The van der Waals surface area contributed by atoms with E-state index in [1.807, 2.05) is 18.2 Å². The zero-order chi connectivity index (χ0) is 11.7. The minimum absolute atomic E-state index is 0.607. The molecule has 2 aromatic rings. The van der Waals surface area contributed by atoms with Gasteiger partial charge in [0, 0.05) is 0 Å². The normalized spacial score (nSPS) is 10.4. The van der Waals surface area contributed by atoms with Crippen molar-refractivity contribution >= 4 is 17.3 Å². The van der Waals surface area contributed by atoms with Crippen molar-refractivity contribution < 1.29 is 0 Å². The topological polar surface area (TPSA) is 26.0 Å². The first-order chi connectivity index (χ1) is 7.58. The molecule has 82 valence electrons. The van der Waals surface area contributed by atoms with Crippen molar-refractivity contribution in [1.82, 2.24) is 0 Å². The van der Waals surface area contributed by atoms with E-state index >= 15 is 0 Å². The summed E-state index contributed by atoms with van der Waals surface area (Å²) in [6.07, 6.45) is 0. The van der Waals surface area contributed by atoms with Gasteiger partial charge in [-0.2, -0.15) is 0 Å². The van der Waals surface area contributed by atoms with Crippen LogP contribution >= 0.6 is 11.6 Å². The molecule has 0 atom stereocenters. The van der Waals surface area contributed by atoms with E-state index in [2.05, 4.69) is 32.0 Å². The average Bonchev–Trinajstić information content (AvgIpc) is 2.26. The van der Waals surface area contributed by atoms with Crippen LogP contribution in [0.4, 0.5) is 5.69 Å². The number of hydrogen-bond donors (Lipinski definition) is 1. The Labute approximate surface area is 101 Å². The highest BCUT2D eigenvalue weighted by Gasteiger charge is 2.02. The summed E-state index contributed by atoms with van der Waals surface area (Å²) in [5.41, 5.74) is 11.2. The molecule has 0 aliphatic carbocycles. The smallest absolute Gasteiger partial charge is 0.0641 e. The van der Waals surface area contributed by atoms with E-state index in [-0.39, 0.29) is 0 Å². The van der Waals surface area contributed by atoms with E-state index in [1.165, 1.54) is 16.7 Å². The zero-order valence-electron chi connectivity index (χ0n) is 9.42. The number of anilines is 1. The van der Waals surface area contributed by atoms with Crippen molar-refractivity contribution in [1.29, 1.82) is 0 Å². The average molecular weight is 232 g/mol. The number of halogens is 1. The van der Waals surface area contributed by atoms with Gasteiger partial charge in [-0.15, -0.1) is 0 Å². The molecule has 0 spiro atoms. The van der Waals surface area contributed by atoms with E-state index < -0.39 is 0 Å². The predicted octanol–water partition coefficient (Wildman–Crippen LogP) is 4.21. The molecule has 2 aromatic carbocycles. The molecule has 0 aromatic heterocycles. The Morgan fingerprint density at radius 1 is 0.875 bits per heavy atom. The summed E-state index contributed by atoms with van der Waals surface area (Å²) in [5.74, 6) is 0. The Kier molecular flexibility index (Phi) is 2.88. The van der Waals surface area contributed by atoms with Crippen LogP contribution in [0.2, 0.25) is 5.02 Å². The lowest BCUT2D eigenvalue weighted by Gasteiger charge is -2.07. The van der Waals surface area contributed by atoms with Gasteiger partial charge in [0.25, 0.3) is 0 Å². The van der Waals surface area contributed by atoms with Crippen LogP contribution in [0.1, 0.15) is 11.1 Å². The maximum absolute atomic E-state index is 6.01. The van der Waals surface area contributed by atoms with Crippen molar-refractivity contribution in [2.75, 3.05) is 5.73 Å². The van der Waals surface area contributed by atoms with Gasteiger partial charge < -0.3 is 5.73 Å². The van der Waals surface area contributed by atoms with Gasteiger partial charge in [-0.3, -0.25) is 0 Å². The fourth-order valence-electron chi connectivity index (χ4n) is 1.63. The number of aryl methyl sites for hydroxylation is 2. The lowest BCUT2D eigenvalue weighted by molar-refractivity contribution is 1.34. The number of nitrogens with two attached hydrogens (primary N) is 1. The highest BCUT2D eigenvalue weighted by molar-refractivity contribution is 6.33. The molecule has 2 N–H and O–H groups in total. The lowest BCUT2D eigenvalue weighted by atomic mass is 10.0. The maximum atomic E-state index is 6.01. The second-order valence-corrected chi connectivity index (χ2v) is 4.44. The van der Waals surface area contributed by atoms with Crippen LogP contribution in [-0.4, -0.2) is 0 Å². The molecule has 0 saturated heterocycles. The molecule has 2 rings (SSSR count). The van der Waals surface area contributed by atoms with Crippen LogP contribution in [0.15, 0.2) is 36.4 Å². The highest BCUT2D eigenvalue weighted by atomic mass is 35.5. The van der Waals surface area contributed by atoms with Crippen molar-refractivity contribution in [2.45, 2.75) is 13.8 Å². The Morgan fingerprint density at radius 2 is 1.50 bits per heavy atom. The van der Waals surface area contributed by atoms with Gasteiger partial charge in [-0.1, -0.05) is 35.9 Å². The molecular formula is C14H14ClN. The third-order valence-corrected chi connectivity index (χ3v) is 3.17. The molecule has 0 amide bonds. The van der Waals surface area contributed by atoms with E-state index in [1.54, 1.807) is 0 Å². The van der Waals surface area contributed by atoms with Crippen LogP contribution in [0.3, 0.4) is 0 Å². The second-order valence-electron chi connectivity index (χ2n) is 4.04. The standard InChI is InChI=1S/C14H14ClN/c1-9-3-4-11(7-10(9)2)12-5-6-14(16)13(15)8-12/h3-8H,16H2,1-2H3. The Bertz CT molecular complexity index is 483. The van der Waals surface area contributed by atoms with Crippen LogP contribution in [0.5, 0.6) is 0 Å². The summed E-state index contributed by atoms with van der Waals surface area (Å²) in [7, 11) is 0. The maximum Gasteiger partial charge on any atom is 0.0641 e. The minimum atomic E-state index is 0.607. The molecule has 16 heavy (non-hydrogen) atoms. The number of hydrogen-bond acceptors (Lipinski definition) is 1. The quantitative estimate of drug-likeness (QED) is 0.732. The van der Waals surface area contributed by atoms with Crippen molar-refractivity contribution in [3.8, 4) is 11.1 Å². The Balaban J connectivity index is 2.50. The predicted molar refractivity (Wildman–Crippen MR) is 70.8 cm³/mol. The van der Waals surface area contributed by atoms with Gasteiger partial charge >= 0.3 is 0 Å². The first-order valence-corrected chi connectivity index (χ1v) is 5.58. The first kappa shape index (κ1) is 11.0. The monoisotopic (exact) mass is 231 g/mol. The van der Waals surface area contributed by atoms with Crippen LogP contribution in [0, 0.1) is 13.8 Å². The molecule has 0 heterocycles. The van der Waals surface area contributed by atoms with Crippen LogP contribution < -0.4 is 5.73 Å². The first-order valence-electron chi connectivity index (χ1n) is 5.20. The summed E-state index contributed by atoms with van der Waals surface area (Å²) in [6, 6.07) is 12.1. The molecule has 1 nitrogen and oxygen atoms in total. The summed E-state index contributed by atoms with van der Waals surface area (Å²) >= 11 is 6.01. The van der Waals surface area contributed by atoms with Crippen LogP contribution in [-0.2, 0) is 0 Å². The van der Waals surface area contributed by atoms with Gasteiger partial charge in [-0.25, -0.2) is 0 Å². The molecule has 0 aliphatic heterocycles. The van der Waals surface area contributed by atoms with E-state index in [0.717, 1.165) is 5.56 Å². The zero-order valence-corrected chi connectivity index (χ0v) is 10.2. The number of rotatable bonds is 1. The van der Waals surface area contributed by atoms with Crippen molar-refractivity contribution in [2.24, 2.45) is 0 Å². The molecule has 0 saturated carbocycles. The second kappa shape index (κ2) is 4.18. The van der Waals surface area contributed by atoms with Gasteiger partial charge in [0.05, 0.1) is 10.7 Å². The molecule has 0 fully saturated rings. The molecular weight excluding hydrogens is 218 g/mol. The molecule has 0 unspecified atom stereocenters. The fraction of sp³-hybridized carbons (Fsp3) is 0.143. The highest BCUT2D eigenvalue weighted by Crippen LogP contribution is 2.28. The Morgan fingerprint density at radius 3 is 2.12 bits per heavy atom. The summed E-state index contributed by atoms with van der Waals surface area (Å²) < 4.78 is 0. The number of nitrogen functional groups attached to an aromatic ring is 1. The largest absolute Gasteiger partial charge is 0.398 e. The van der Waals surface area contributed by atoms with E-state index in [4.69, 9.17) is 17.3 Å². The number of benzene rings is 2. The Hall–Kier alpha value is -1.47. The summed E-state index contributed by atoms with van der Waals surface area (Å²) in [5, 5.41) is 0.607. The van der Waals surface area contributed by atoms with Gasteiger partial charge in [0.15, 0.2) is 0 Å². The van der Waals surface area contributed by atoms with Crippen molar-refractivity contribution in [3.05, 3.63) is 52.5 Å². The lowest BCUT2D eigenvalue weighted by Crippen LogP contribution is -1.87. The third kappa shape index (κ3) is 2.05. The SMILES string of the molecule is Cc1ccc(-c2ccc(N)c(Cl)c2)cc1C.